The molecule has 6 rings (SSSR count). The van der Waals surface area contributed by atoms with Crippen LogP contribution in [0.3, 0.4) is 0 Å². The van der Waals surface area contributed by atoms with E-state index in [9.17, 15) is 23.8 Å². The lowest BCUT2D eigenvalue weighted by Gasteiger charge is -2.35. The van der Waals surface area contributed by atoms with Gasteiger partial charge in [-0.1, -0.05) is 26.8 Å². The summed E-state index contributed by atoms with van der Waals surface area (Å²) < 4.78 is 36.7. The molecule has 6 atom stereocenters. The van der Waals surface area contributed by atoms with E-state index in [1.807, 2.05) is 46.1 Å². The average Bonchev–Trinajstić information content (AvgIpc) is 3.55. The molecule has 2 saturated carbocycles. The van der Waals surface area contributed by atoms with Gasteiger partial charge in [-0.2, -0.15) is 0 Å². The summed E-state index contributed by atoms with van der Waals surface area (Å²) in [6.45, 7) is 14.8. The largest absolute Gasteiger partial charge is 0.497 e. The molecule has 17 heteroatoms. The third kappa shape index (κ3) is 9.24. The quantitative estimate of drug-likeness (QED) is 0.0922. The van der Waals surface area contributed by atoms with Crippen LogP contribution >= 0.6 is 18.9 Å². The van der Waals surface area contributed by atoms with Crippen LogP contribution in [-0.4, -0.2) is 93.5 Å². The summed E-state index contributed by atoms with van der Waals surface area (Å²) in [6, 6.07) is 5.19. The van der Waals surface area contributed by atoms with Crippen molar-refractivity contribution in [1.29, 1.82) is 0 Å². The van der Waals surface area contributed by atoms with Crippen LogP contribution in [0.4, 0.5) is 9.93 Å². The number of nitrogens with zero attached hydrogens (tertiary/aromatic N) is 3. The molecule has 1 saturated heterocycles. The van der Waals surface area contributed by atoms with E-state index in [-0.39, 0.29) is 38.1 Å². The molecular weight excluding hydrogens is 772 g/mol. The minimum absolute atomic E-state index is 0.0303. The number of hydrogen-bond donors (Lipinski definition) is 4. The van der Waals surface area contributed by atoms with Crippen molar-refractivity contribution in [1.82, 2.24) is 25.5 Å². The number of aromatic nitrogens is 2. The van der Waals surface area contributed by atoms with E-state index in [0.717, 1.165) is 30.8 Å². The fourth-order valence-electron chi connectivity index (χ4n) is 7.60. The Hall–Kier alpha value is -4.24. The Kier molecular flexibility index (Phi) is 12.6. The summed E-state index contributed by atoms with van der Waals surface area (Å²) >= 11 is 1.46. The molecule has 3 unspecified atom stereocenters. The lowest BCUT2D eigenvalue weighted by molar-refractivity contribution is -0.142. The molecule has 1 aromatic carbocycles. The second-order valence-corrected chi connectivity index (χ2v) is 19.3. The Bertz CT molecular complexity index is 2030. The number of thiazole rings is 1. The van der Waals surface area contributed by atoms with E-state index in [4.69, 9.17) is 28.7 Å². The van der Waals surface area contributed by atoms with Gasteiger partial charge >= 0.3 is 13.7 Å². The Balaban J connectivity index is 1.34. The first-order valence-electron chi connectivity index (χ1n) is 19.6. The second-order valence-electron chi connectivity index (χ2n) is 16.4. The highest BCUT2D eigenvalue weighted by atomic mass is 32.1. The van der Waals surface area contributed by atoms with Crippen molar-refractivity contribution in [3.8, 4) is 22.9 Å². The first kappa shape index (κ1) is 42.4. The number of anilines is 1. The molecule has 310 valence electrons. The van der Waals surface area contributed by atoms with Gasteiger partial charge in [0.15, 0.2) is 5.13 Å². The zero-order valence-electron chi connectivity index (χ0n) is 33.7. The van der Waals surface area contributed by atoms with Crippen molar-refractivity contribution in [3.63, 3.8) is 0 Å². The van der Waals surface area contributed by atoms with Crippen LogP contribution < -0.4 is 25.4 Å². The van der Waals surface area contributed by atoms with Gasteiger partial charge in [0.25, 0.3) is 0 Å². The van der Waals surface area contributed by atoms with Gasteiger partial charge in [-0.3, -0.25) is 14.2 Å². The van der Waals surface area contributed by atoms with Crippen molar-refractivity contribution in [3.05, 3.63) is 42.3 Å². The molecule has 15 nitrogen and oxygen atoms in total. The lowest BCUT2D eigenvalue weighted by atomic mass is 9.85. The number of ether oxygens (including phenoxy) is 3. The second kappa shape index (κ2) is 16.9. The molecule has 3 aromatic rings. The number of alkyl carbamates (subject to hydrolysis) is 1. The van der Waals surface area contributed by atoms with Gasteiger partial charge in [0.2, 0.25) is 11.8 Å². The highest BCUT2D eigenvalue weighted by molar-refractivity contribution is 7.55. The summed E-state index contributed by atoms with van der Waals surface area (Å²) in [4.78, 5) is 64.4. The summed E-state index contributed by atoms with van der Waals surface area (Å²) in [6.07, 6.45) is 3.51. The van der Waals surface area contributed by atoms with Crippen LogP contribution in [0.25, 0.3) is 22.3 Å². The molecule has 3 fully saturated rings. The van der Waals surface area contributed by atoms with E-state index < -0.39 is 60.3 Å². The van der Waals surface area contributed by atoms with Gasteiger partial charge in [-0.25, -0.2) is 14.8 Å². The summed E-state index contributed by atoms with van der Waals surface area (Å²) in [7, 11) is -2.78. The predicted molar refractivity (Wildman–Crippen MR) is 218 cm³/mol. The summed E-state index contributed by atoms with van der Waals surface area (Å²) in [5.41, 5.74) is 0.986. The maximum Gasteiger partial charge on any atom is 0.408 e. The average molecular weight is 827 g/mol. The number of benzene rings is 1. The molecule has 0 spiro atoms. The number of methoxy groups -OCH3 is 1. The van der Waals surface area contributed by atoms with Gasteiger partial charge in [0.1, 0.15) is 46.8 Å². The molecule has 57 heavy (non-hydrogen) atoms. The van der Waals surface area contributed by atoms with E-state index in [0.29, 0.717) is 33.8 Å². The molecule has 3 amide bonds. The summed E-state index contributed by atoms with van der Waals surface area (Å²) in [5.74, 6) is -0.630. The van der Waals surface area contributed by atoms with Crippen LogP contribution in [0.1, 0.15) is 80.1 Å². The van der Waals surface area contributed by atoms with Crippen molar-refractivity contribution >= 4 is 52.9 Å². The van der Waals surface area contributed by atoms with Gasteiger partial charge < -0.3 is 44.5 Å². The zero-order chi connectivity index (χ0) is 41.3. The normalized spacial score (nSPS) is 23.8. The SMILES string of the molecule is C=C[C@@H]1C[C@]1(NC(=O)C1C[C@@H](Oc2cc(-c3csc(NC(C)C)n3)nc3cc(OC)ccc23)CN1C(=O)C(NC(=O)OC1CCCC1)C(C)(C)C)P(=O)(O)OCC. The molecule has 0 radical (unpaired) electrons. The number of hydrogen-bond acceptors (Lipinski definition) is 12. The number of carbonyl (C=O) groups is 3. The Morgan fingerprint density at radius 2 is 1.88 bits per heavy atom. The van der Waals surface area contributed by atoms with Gasteiger partial charge in [-0.15, -0.1) is 17.9 Å². The molecule has 2 aliphatic carbocycles. The number of carbonyl (C=O) groups excluding carboxylic acids is 3. The number of amides is 3. The number of fused-ring (bicyclic) bond motifs is 1. The first-order chi connectivity index (χ1) is 27.0. The van der Waals surface area contributed by atoms with E-state index in [1.54, 1.807) is 32.2 Å². The maximum absolute atomic E-state index is 14.7. The van der Waals surface area contributed by atoms with Gasteiger partial charge in [0.05, 0.1) is 31.5 Å². The minimum atomic E-state index is -4.36. The highest BCUT2D eigenvalue weighted by Crippen LogP contribution is 2.70. The smallest absolute Gasteiger partial charge is 0.408 e. The van der Waals surface area contributed by atoms with Crippen molar-refractivity contribution < 1.29 is 42.6 Å². The van der Waals surface area contributed by atoms with Crippen LogP contribution in [0.15, 0.2) is 42.3 Å². The standard InChI is InChI=1S/C40H55N6O9PS/c1-9-24-20-40(24,56(50,51)53-10-2)45-35(47)32-18-27(21-46(32)36(48)34(39(5,6)7)44-38(49)55-25-13-11-12-14-25)54-33-19-30(31-22-57-37(43-31)41-23(3)4)42-29-17-26(52-8)15-16-28(29)33/h9,15-17,19,22-25,27,32,34H,1,10-14,18,20-21H2,2-8H3,(H,41,43)(H,44,49)(H,45,47)(H,50,51)/t24-,27-,32?,34?,40+/m1/s1. The molecule has 4 N–H and O–H groups in total. The van der Waals surface area contributed by atoms with Crippen molar-refractivity contribution in [2.24, 2.45) is 11.3 Å². The number of nitrogens with one attached hydrogen (secondary N) is 3. The van der Waals surface area contributed by atoms with Gasteiger partial charge in [-0.05, 0) is 70.4 Å². The van der Waals surface area contributed by atoms with Crippen molar-refractivity contribution in [2.75, 3.05) is 25.6 Å². The lowest BCUT2D eigenvalue weighted by Crippen LogP contribution is -2.58. The first-order valence-corrected chi connectivity index (χ1v) is 22.0. The van der Waals surface area contributed by atoms with E-state index >= 15 is 0 Å². The fraction of sp³-hybridized carbons (Fsp3) is 0.575. The monoisotopic (exact) mass is 826 g/mol. The predicted octanol–water partition coefficient (Wildman–Crippen LogP) is 6.86. The molecule has 2 aromatic heterocycles. The Morgan fingerprint density at radius 1 is 1.14 bits per heavy atom. The number of pyridine rings is 1. The van der Waals surface area contributed by atoms with E-state index in [2.05, 4.69) is 22.5 Å². The maximum atomic E-state index is 14.7. The Morgan fingerprint density at radius 3 is 2.51 bits per heavy atom. The number of rotatable bonds is 15. The Labute approximate surface area is 337 Å². The number of likely N-dealkylation sites (tertiary alicyclic amines) is 1. The molecule has 3 heterocycles. The van der Waals surface area contributed by atoms with Crippen LogP contribution in [0, 0.1) is 11.3 Å². The third-order valence-corrected chi connectivity index (χ3v) is 13.7. The topological polar surface area (TPSA) is 191 Å². The van der Waals surface area contributed by atoms with Crippen LogP contribution in [-0.2, 0) is 23.4 Å². The molecule has 0 bridgehead atoms. The van der Waals surface area contributed by atoms with Crippen LogP contribution in [0.5, 0.6) is 11.5 Å². The van der Waals surface area contributed by atoms with Crippen LogP contribution in [0.2, 0.25) is 0 Å². The summed E-state index contributed by atoms with van der Waals surface area (Å²) in [5, 5.41) is 10.7. The minimum Gasteiger partial charge on any atom is -0.497 e. The fourth-order valence-corrected chi connectivity index (χ4v) is 10.2. The van der Waals surface area contributed by atoms with E-state index in [1.165, 1.54) is 22.3 Å². The van der Waals surface area contributed by atoms with Gasteiger partial charge in [0, 0.05) is 41.3 Å². The zero-order valence-corrected chi connectivity index (χ0v) is 35.4. The molecule has 3 aliphatic rings. The highest BCUT2D eigenvalue weighted by Gasteiger charge is 2.67. The molecular formula is C40H55N6O9PS. The molecule has 1 aliphatic heterocycles. The third-order valence-electron chi connectivity index (χ3n) is 10.7. The van der Waals surface area contributed by atoms with Crippen molar-refractivity contribution in [2.45, 2.75) is 116 Å².